The number of unbranched alkanes of at least 4 members (excludes halogenated alkanes) is 2. The van der Waals surface area contributed by atoms with E-state index < -0.39 is 0 Å². The fourth-order valence-electron chi connectivity index (χ4n) is 2.04. The van der Waals surface area contributed by atoms with Gasteiger partial charge in [-0.15, -0.1) is 0 Å². The Bertz CT molecular complexity index is 193. The van der Waals surface area contributed by atoms with Gasteiger partial charge >= 0.3 is 6.03 Å². The summed E-state index contributed by atoms with van der Waals surface area (Å²) in [7, 11) is 0. The van der Waals surface area contributed by atoms with Gasteiger partial charge in [-0.3, -0.25) is 0 Å². The summed E-state index contributed by atoms with van der Waals surface area (Å²) < 4.78 is 0. The maximum atomic E-state index is 12.5. The summed E-state index contributed by atoms with van der Waals surface area (Å²) in [6.45, 7) is 12.2. The molecule has 0 saturated carbocycles. The van der Waals surface area contributed by atoms with E-state index in [-0.39, 0.29) is 6.03 Å². The van der Waals surface area contributed by atoms with Gasteiger partial charge < -0.3 is 9.80 Å². The Kier molecular flexibility index (Phi) is 10.9. The van der Waals surface area contributed by atoms with E-state index in [2.05, 4.69) is 32.6 Å². The SMILES string of the molecule is CCCCN(CCCC)C(=O)N(CCC)CCC. The Morgan fingerprint density at radius 1 is 0.667 bits per heavy atom. The van der Waals surface area contributed by atoms with Crippen molar-refractivity contribution in [2.24, 2.45) is 0 Å². The second kappa shape index (κ2) is 11.4. The van der Waals surface area contributed by atoms with E-state index in [1.54, 1.807) is 0 Å². The van der Waals surface area contributed by atoms with Crippen molar-refractivity contribution in [2.75, 3.05) is 26.2 Å². The number of rotatable bonds is 10. The molecule has 0 bridgehead atoms. The second-order valence-electron chi connectivity index (χ2n) is 4.96. The molecule has 0 aromatic heterocycles. The minimum atomic E-state index is 0.251. The van der Waals surface area contributed by atoms with Crippen LogP contribution in [0.25, 0.3) is 0 Å². The highest BCUT2D eigenvalue weighted by atomic mass is 16.2. The molecule has 18 heavy (non-hydrogen) atoms. The van der Waals surface area contributed by atoms with E-state index in [0.29, 0.717) is 0 Å². The normalized spacial score (nSPS) is 10.4. The molecule has 0 aliphatic carbocycles. The van der Waals surface area contributed by atoms with Gasteiger partial charge in [-0.25, -0.2) is 4.79 Å². The average molecular weight is 256 g/mol. The van der Waals surface area contributed by atoms with Crippen molar-refractivity contribution in [3.8, 4) is 0 Å². The zero-order chi connectivity index (χ0) is 13.8. The van der Waals surface area contributed by atoms with Crippen LogP contribution in [0.4, 0.5) is 4.79 Å². The van der Waals surface area contributed by atoms with E-state index in [0.717, 1.165) is 64.7 Å². The van der Waals surface area contributed by atoms with Crippen LogP contribution < -0.4 is 0 Å². The Balaban J connectivity index is 4.45. The number of nitrogens with zero attached hydrogens (tertiary/aromatic N) is 2. The minimum Gasteiger partial charge on any atom is -0.325 e. The summed E-state index contributed by atoms with van der Waals surface area (Å²) in [6, 6.07) is 0.251. The van der Waals surface area contributed by atoms with Crippen LogP contribution in [0.3, 0.4) is 0 Å². The quantitative estimate of drug-likeness (QED) is 0.576. The standard InChI is InChI=1S/C15H32N2O/c1-5-9-13-17(14-10-6-2)15(18)16(11-7-3)12-8-4/h5-14H2,1-4H3. The summed E-state index contributed by atoms with van der Waals surface area (Å²) >= 11 is 0. The smallest absolute Gasteiger partial charge is 0.319 e. The summed E-state index contributed by atoms with van der Waals surface area (Å²) in [5.74, 6) is 0. The zero-order valence-corrected chi connectivity index (χ0v) is 12.9. The molecule has 3 nitrogen and oxygen atoms in total. The first-order valence-corrected chi connectivity index (χ1v) is 7.74. The summed E-state index contributed by atoms with van der Waals surface area (Å²) in [6.07, 6.45) is 6.61. The molecule has 0 aliphatic heterocycles. The van der Waals surface area contributed by atoms with Gasteiger partial charge in [0.15, 0.2) is 0 Å². The minimum absolute atomic E-state index is 0.251. The molecule has 108 valence electrons. The summed E-state index contributed by atoms with van der Waals surface area (Å²) in [5.41, 5.74) is 0. The molecular formula is C15H32N2O. The fourth-order valence-corrected chi connectivity index (χ4v) is 2.04. The van der Waals surface area contributed by atoms with Gasteiger partial charge in [0.25, 0.3) is 0 Å². The zero-order valence-electron chi connectivity index (χ0n) is 12.9. The Morgan fingerprint density at radius 2 is 1.06 bits per heavy atom. The van der Waals surface area contributed by atoms with Gasteiger partial charge in [-0.1, -0.05) is 40.5 Å². The van der Waals surface area contributed by atoms with Gasteiger partial charge in [-0.05, 0) is 25.7 Å². The van der Waals surface area contributed by atoms with Crippen molar-refractivity contribution < 1.29 is 4.79 Å². The van der Waals surface area contributed by atoms with Crippen LogP contribution in [0.5, 0.6) is 0 Å². The van der Waals surface area contributed by atoms with E-state index in [1.165, 1.54) is 0 Å². The van der Waals surface area contributed by atoms with Crippen molar-refractivity contribution in [1.82, 2.24) is 9.80 Å². The van der Waals surface area contributed by atoms with Crippen molar-refractivity contribution in [3.05, 3.63) is 0 Å². The molecule has 0 spiro atoms. The van der Waals surface area contributed by atoms with Crippen molar-refractivity contribution >= 4 is 6.03 Å². The number of hydrogen-bond donors (Lipinski definition) is 0. The Hall–Kier alpha value is -0.730. The van der Waals surface area contributed by atoms with Gasteiger partial charge in [0.2, 0.25) is 0 Å². The summed E-state index contributed by atoms with van der Waals surface area (Å²) in [4.78, 5) is 16.6. The fraction of sp³-hybridized carbons (Fsp3) is 0.933. The molecule has 0 N–H and O–H groups in total. The first-order chi connectivity index (χ1) is 8.71. The molecule has 0 heterocycles. The lowest BCUT2D eigenvalue weighted by Crippen LogP contribution is -2.44. The molecule has 3 heteroatoms. The van der Waals surface area contributed by atoms with Crippen LogP contribution in [-0.4, -0.2) is 42.0 Å². The van der Waals surface area contributed by atoms with Crippen LogP contribution in [0, 0.1) is 0 Å². The van der Waals surface area contributed by atoms with Gasteiger partial charge in [-0.2, -0.15) is 0 Å². The molecule has 0 aliphatic rings. The number of hydrogen-bond acceptors (Lipinski definition) is 1. The van der Waals surface area contributed by atoms with E-state index >= 15 is 0 Å². The maximum absolute atomic E-state index is 12.5. The molecule has 0 aromatic carbocycles. The van der Waals surface area contributed by atoms with Gasteiger partial charge in [0.05, 0.1) is 0 Å². The molecule has 0 rings (SSSR count). The third kappa shape index (κ3) is 6.87. The second-order valence-corrected chi connectivity index (χ2v) is 4.96. The first-order valence-electron chi connectivity index (χ1n) is 7.74. The molecule has 0 aromatic rings. The van der Waals surface area contributed by atoms with Crippen molar-refractivity contribution in [2.45, 2.75) is 66.2 Å². The number of carbonyl (C=O) groups is 1. The molecular weight excluding hydrogens is 224 g/mol. The largest absolute Gasteiger partial charge is 0.325 e. The molecule has 2 amide bonds. The predicted octanol–water partition coefficient (Wildman–Crippen LogP) is 4.13. The molecule has 0 fully saturated rings. The van der Waals surface area contributed by atoms with Crippen molar-refractivity contribution in [3.63, 3.8) is 0 Å². The van der Waals surface area contributed by atoms with Gasteiger partial charge in [0.1, 0.15) is 0 Å². The lowest BCUT2D eigenvalue weighted by Gasteiger charge is -2.30. The maximum Gasteiger partial charge on any atom is 0.319 e. The highest BCUT2D eigenvalue weighted by Gasteiger charge is 2.18. The number of amides is 2. The lowest BCUT2D eigenvalue weighted by molar-refractivity contribution is 0.151. The molecule has 0 unspecified atom stereocenters. The molecule has 0 radical (unpaired) electrons. The number of urea groups is 1. The van der Waals surface area contributed by atoms with Crippen LogP contribution in [0.1, 0.15) is 66.2 Å². The third-order valence-corrected chi connectivity index (χ3v) is 3.09. The van der Waals surface area contributed by atoms with Crippen LogP contribution in [0.2, 0.25) is 0 Å². The Morgan fingerprint density at radius 3 is 1.39 bits per heavy atom. The molecule has 0 atom stereocenters. The predicted molar refractivity (Wildman–Crippen MR) is 78.9 cm³/mol. The van der Waals surface area contributed by atoms with Crippen LogP contribution in [0.15, 0.2) is 0 Å². The van der Waals surface area contributed by atoms with E-state index in [9.17, 15) is 4.79 Å². The van der Waals surface area contributed by atoms with Crippen LogP contribution >= 0.6 is 0 Å². The highest BCUT2D eigenvalue weighted by Crippen LogP contribution is 2.06. The molecule has 0 saturated heterocycles. The first kappa shape index (κ1) is 17.3. The van der Waals surface area contributed by atoms with Gasteiger partial charge in [0, 0.05) is 26.2 Å². The highest BCUT2D eigenvalue weighted by molar-refractivity contribution is 5.74. The van der Waals surface area contributed by atoms with Crippen LogP contribution in [-0.2, 0) is 0 Å². The van der Waals surface area contributed by atoms with Crippen molar-refractivity contribution in [1.29, 1.82) is 0 Å². The average Bonchev–Trinajstić information content (AvgIpc) is 2.38. The number of carbonyl (C=O) groups excluding carboxylic acids is 1. The Labute approximate surface area is 114 Å². The van der Waals surface area contributed by atoms with E-state index in [1.807, 2.05) is 4.90 Å². The topological polar surface area (TPSA) is 23.6 Å². The lowest BCUT2D eigenvalue weighted by atomic mass is 10.2. The third-order valence-electron chi connectivity index (χ3n) is 3.09. The summed E-state index contributed by atoms with van der Waals surface area (Å²) in [5, 5.41) is 0. The van der Waals surface area contributed by atoms with E-state index in [4.69, 9.17) is 0 Å². The monoisotopic (exact) mass is 256 g/mol.